The van der Waals surface area contributed by atoms with E-state index in [4.69, 9.17) is 4.52 Å². The van der Waals surface area contributed by atoms with Gasteiger partial charge in [0.1, 0.15) is 11.8 Å². The van der Waals surface area contributed by atoms with Crippen LogP contribution in [0.15, 0.2) is 27.9 Å². The zero-order valence-electron chi connectivity index (χ0n) is 7.43. The minimum Gasteiger partial charge on any atom is -0.363 e. The van der Waals surface area contributed by atoms with Gasteiger partial charge in [0.05, 0.1) is 10.7 Å². The summed E-state index contributed by atoms with van der Waals surface area (Å²) in [7, 11) is 0. The minimum absolute atomic E-state index is 0.457. The van der Waals surface area contributed by atoms with Crippen molar-refractivity contribution < 1.29 is 14.1 Å². The molecule has 1 aromatic carbocycles. The molecule has 0 fully saturated rings. The van der Waals surface area contributed by atoms with E-state index in [0.29, 0.717) is 21.5 Å². The molecule has 0 saturated carbocycles. The Hall–Kier alpha value is -2.30. The lowest BCUT2D eigenvalue weighted by Crippen LogP contribution is -2.34. The van der Waals surface area contributed by atoms with Crippen LogP contribution in [0.4, 0.5) is 0 Å². The molecule has 0 saturated heterocycles. The third-order valence-electron chi connectivity index (χ3n) is 2.26. The normalized spacial score (nSPS) is 14.7. The first-order valence-electron chi connectivity index (χ1n) is 4.27. The van der Waals surface area contributed by atoms with Crippen LogP contribution in [0.3, 0.4) is 0 Å². The van der Waals surface area contributed by atoms with Gasteiger partial charge in [0.15, 0.2) is 0 Å². The number of ketones is 1. The number of aromatic nitrogens is 1. The first-order chi connectivity index (χ1) is 7.25. The molecule has 0 N–H and O–H groups in total. The Kier molecular flexibility index (Phi) is 1.39. The fourth-order valence-electron chi connectivity index (χ4n) is 1.55. The van der Waals surface area contributed by atoms with E-state index in [1.807, 2.05) is 0 Å². The first kappa shape index (κ1) is 8.05. The maximum atomic E-state index is 11.1. The maximum absolute atomic E-state index is 11.1. The van der Waals surface area contributed by atoms with E-state index in [-0.39, 0.29) is 0 Å². The average molecular weight is 200 g/mol. The number of carbonyl (C=O) groups is 2. The van der Waals surface area contributed by atoms with Crippen LogP contribution in [0, 0.1) is 0 Å². The molecule has 1 aliphatic rings. The first-order valence-corrected chi connectivity index (χ1v) is 4.27. The molecule has 1 aromatic heterocycles. The number of rotatable bonds is 0. The van der Waals surface area contributed by atoms with Crippen LogP contribution in [0.5, 0.6) is 0 Å². The van der Waals surface area contributed by atoms with Gasteiger partial charge in [0, 0.05) is 11.3 Å². The Labute approximate surface area is 82.7 Å². The summed E-state index contributed by atoms with van der Waals surface area (Å²) in [4.78, 5) is 25.9. The SMILES string of the molecule is O=C1C=c2ccc3nocc3c2=NC1=O. The number of nitrogens with zero attached hydrogens (tertiary/aromatic N) is 2. The number of benzene rings is 1. The van der Waals surface area contributed by atoms with Crippen molar-refractivity contribution in [2.45, 2.75) is 0 Å². The fraction of sp³-hybridized carbons (Fsp3) is 0. The van der Waals surface area contributed by atoms with Crippen LogP contribution in [0.25, 0.3) is 17.0 Å². The van der Waals surface area contributed by atoms with Gasteiger partial charge in [0.25, 0.3) is 0 Å². The molecular weight excluding hydrogens is 196 g/mol. The topological polar surface area (TPSA) is 72.5 Å². The Bertz CT molecular complexity index is 712. The molecule has 72 valence electrons. The van der Waals surface area contributed by atoms with Gasteiger partial charge in [0.2, 0.25) is 5.78 Å². The molecule has 0 spiro atoms. The summed E-state index contributed by atoms with van der Waals surface area (Å²) in [5, 5.41) is 5.45. The molecule has 15 heavy (non-hydrogen) atoms. The van der Waals surface area contributed by atoms with Gasteiger partial charge >= 0.3 is 5.91 Å². The van der Waals surface area contributed by atoms with Crippen LogP contribution in [0.1, 0.15) is 0 Å². The Morgan fingerprint density at radius 1 is 1.20 bits per heavy atom. The highest BCUT2D eigenvalue weighted by molar-refractivity contribution is 6.48. The fourth-order valence-corrected chi connectivity index (χ4v) is 1.55. The van der Waals surface area contributed by atoms with Crippen LogP contribution in [0.2, 0.25) is 0 Å². The number of carbonyl (C=O) groups excluding carboxylic acids is 2. The lowest BCUT2D eigenvalue weighted by Gasteiger charge is -1.97. The van der Waals surface area contributed by atoms with Crippen molar-refractivity contribution in [1.29, 1.82) is 0 Å². The molecule has 0 unspecified atom stereocenters. The second-order valence-electron chi connectivity index (χ2n) is 3.18. The molecule has 5 nitrogen and oxygen atoms in total. The van der Waals surface area contributed by atoms with Crippen molar-refractivity contribution in [3.05, 3.63) is 29.0 Å². The summed E-state index contributed by atoms with van der Waals surface area (Å²) in [5.74, 6) is -1.35. The zero-order valence-corrected chi connectivity index (χ0v) is 7.43. The van der Waals surface area contributed by atoms with Crippen molar-refractivity contribution in [2.24, 2.45) is 4.99 Å². The number of Topliss-reactive ketones (excluding diaryl/α,β-unsaturated/α-hetero) is 1. The average Bonchev–Trinajstić information content (AvgIpc) is 2.68. The van der Waals surface area contributed by atoms with E-state index in [1.54, 1.807) is 12.1 Å². The molecule has 1 amide bonds. The van der Waals surface area contributed by atoms with Gasteiger partial charge in [-0.05, 0) is 6.07 Å². The monoisotopic (exact) mass is 200 g/mol. The molecular formula is C10H4N2O3. The van der Waals surface area contributed by atoms with Gasteiger partial charge in [-0.25, -0.2) is 4.99 Å². The summed E-state index contributed by atoms with van der Waals surface area (Å²) >= 11 is 0. The van der Waals surface area contributed by atoms with Gasteiger partial charge in [-0.1, -0.05) is 11.2 Å². The third-order valence-corrected chi connectivity index (χ3v) is 2.26. The van der Waals surface area contributed by atoms with Crippen molar-refractivity contribution in [1.82, 2.24) is 5.16 Å². The van der Waals surface area contributed by atoms with Crippen molar-refractivity contribution in [3.8, 4) is 0 Å². The molecule has 2 heterocycles. The van der Waals surface area contributed by atoms with Crippen molar-refractivity contribution in [3.63, 3.8) is 0 Å². The van der Waals surface area contributed by atoms with Gasteiger partial charge < -0.3 is 4.52 Å². The molecule has 2 aromatic rings. The smallest absolute Gasteiger partial charge is 0.318 e. The van der Waals surface area contributed by atoms with E-state index >= 15 is 0 Å². The molecule has 1 aliphatic heterocycles. The van der Waals surface area contributed by atoms with Crippen molar-refractivity contribution >= 4 is 28.7 Å². The predicted molar refractivity (Wildman–Crippen MR) is 49.3 cm³/mol. The molecule has 5 heteroatoms. The lowest BCUT2D eigenvalue weighted by atomic mass is 10.1. The van der Waals surface area contributed by atoms with E-state index in [9.17, 15) is 9.59 Å². The molecule has 3 rings (SSSR count). The standard InChI is InChI=1S/C10H4N2O3/c13-8-3-5-1-2-7-6(4-15-12-7)9(5)11-10(8)14/h1-4H. The maximum Gasteiger partial charge on any atom is 0.318 e. The van der Waals surface area contributed by atoms with Crippen LogP contribution in [-0.2, 0) is 9.59 Å². The number of fused-ring (bicyclic) bond motifs is 3. The Morgan fingerprint density at radius 2 is 2.07 bits per heavy atom. The van der Waals surface area contributed by atoms with E-state index < -0.39 is 11.7 Å². The van der Waals surface area contributed by atoms with Gasteiger partial charge in [-0.3, -0.25) is 9.59 Å². The van der Waals surface area contributed by atoms with E-state index in [0.717, 1.165) is 0 Å². The second-order valence-corrected chi connectivity index (χ2v) is 3.18. The lowest BCUT2D eigenvalue weighted by molar-refractivity contribution is -0.132. The number of hydrogen-bond donors (Lipinski definition) is 0. The molecule has 0 aliphatic carbocycles. The second kappa shape index (κ2) is 2.60. The van der Waals surface area contributed by atoms with Crippen LogP contribution >= 0.6 is 0 Å². The predicted octanol–water partition coefficient (Wildman–Crippen LogP) is -0.663. The summed E-state index contributed by atoms with van der Waals surface area (Å²) in [6.45, 7) is 0. The van der Waals surface area contributed by atoms with Gasteiger partial charge in [-0.2, -0.15) is 0 Å². The summed E-state index contributed by atoms with van der Waals surface area (Å²) in [6, 6.07) is 3.40. The van der Waals surface area contributed by atoms with Gasteiger partial charge in [-0.15, -0.1) is 0 Å². The number of hydrogen-bond acceptors (Lipinski definition) is 4. The summed E-state index contributed by atoms with van der Waals surface area (Å²) in [5.41, 5.74) is 0.619. The van der Waals surface area contributed by atoms with Crippen molar-refractivity contribution in [2.75, 3.05) is 0 Å². The quantitative estimate of drug-likeness (QED) is 0.529. The highest BCUT2D eigenvalue weighted by atomic mass is 16.5. The Balaban J connectivity index is 2.60. The molecule has 0 radical (unpaired) electrons. The Morgan fingerprint density at radius 3 is 2.93 bits per heavy atom. The third kappa shape index (κ3) is 1.03. The molecule has 0 atom stereocenters. The highest BCUT2D eigenvalue weighted by Crippen LogP contribution is 2.04. The minimum atomic E-state index is -0.754. The van der Waals surface area contributed by atoms with Crippen LogP contribution < -0.4 is 10.6 Å². The largest absolute Gasteiger partial charge is 0.363 e. The van der Waals surface area contributed by atoms with E-state index in [1.165, 1.54) is 12.3 Å². The highest BCUT2D eigenvalue weighted by Gasteiger charge is 2.15. The summed E-state index contributed by atoms with van der Waals surface area (Å²) < 4.78 is 4.77. The van der Waals surface area contributed by atoms with E-state index in [2.05, 4.69) is 10.1 Å². The summed E-state index contributed by atoms with van der Waals surface area (Å²) in [6.07, 6.45) is 2.69. The van der Waals surface area contributed by atoms with Crippen LogP contribution in [-0.4, -0.2) is 16.8 Å². The number of amides is 1. The molecule has 0 bridgehead atoms. The zero-order chi connectivity index (χ0) is 10.4.